The van der Waals surface area contributed by atoms with Gasteiger partial charge in [-0.15, -0.1) is 0 Å². The zero-order chi connectivity index (χ0) is 24.7. The van der Waals surface area contributed by atoms with Crippen molar-refractivity contribution in [1.29, 1.82) is 0 Å². The first-order chi connectivity index (χ1) is 16.2. The molecule has 0 bridgehead atoms. The third-order valence-electron chi connectivity index (χ3n) is 5.29. The first-order valence-electron chi connectivity index (χ1n) is 11.6. The van der Waals surface area contributed by atoms with Gasteiger partial charge in [0.25, 0.3) is 5.91 Å². The number of likely N-dealkylation sites (N-methyl/N-ethyl adjacent to an activating group) is 1. The average molecular weight is 500 g/mol. The van der Waals surface area contributed by atoms with Gasteiger partial charge < -0.3 is 14.2 Å². The molecule has 5 nitrogen and oxygen atoms in total. The largest absolute Gasteiger partial charge is 0.493 e. The smallest absolute Gasteiger partial charge is 0.266 e. The van der Waals surface area contributed by atoms with Crippen molar-refractivity contribution in [3.05, 3.63) is 58.5 Å². The Kier molecular flexibility index (Phi) is 9.03. The molecule has 1 saturated heterocycles. The van der Waals surface area contributed by atoms with Crippen molar-refractivity contribution in [2.45, 2.75) is 46.5 Å². The van der Waals surface area contributed by atoms with Crippen LogP contribution in [-0.2, 0) is 10.2 Å². The molecular formula is C27H33NO4S2. The zero-order valence-electron chi connectivity index (χ0n) is 20.6. The Labute approximate surface area is 212 Å². The van der Waals surface area contributed by atoms with E-state index < -0.39 is 0 Å². The Balaban J connectivity index is 1.55. The van der Waals surface area contributed by atoms with E-state index in [1.165, 1.54) is 17.3 Å². The number of ether oxygens (including phenoxy) is 3. The maximum atomic E-state index is 12.5. The monoisotopic (exact) mass is 499 g/mol. The number of carbonyl (C=O) groups is 1. The van der Waals surface area contributed by atoms with Gasteiger partial charge in [-0.2, -0.15) is 0 Å². The molecule has 0 unspecified atom stereocenters. The molecular weight excluding hydrogens is 466 g/mol. The molecule has 182 valence electrons. The van der Waals surface area contributed by atoms with Crippen LogP contribution in [-0.4, -0.2) is 41.5 Å². The summed E-state index contributed by atoms with van der Waals surface area (Å²) >= 11 is 6.62. The number of hydrogen-bond donors (Lipinski definition) is 0. The van der Waals surface area contributed by atoms with Crippen LogP contribution < -0.4 is 14.2 Å². The molecule has 0 aromatic heterocycles. The average Bonchev–Trinajstić information content (AvgIpc) is 3.06. The van der Waals surface area contributed by atoms with Crippen LogP contribution in [0.5, 0.6) is 17.2 Å². The van der Waals surface area contributed by atoms with E-state index in [0.29, 0.717) is 47.1 Å². The highest BCUT2D eigenvalue weighted by atomic mass is 32.2. The summed E-state index contributed by atoms with van der Waals surface area (Å²) in [6, 6.07) is 13.9. The second-order valence-corrected chi connectivity index (χ2v) is 10.6. The van der Waals surface area contributed by atoms with Crippen molar-refractivity contribution < 1.29 is 19.0 Å². The Hall–Kier alpha value is -2.51. The second-order valence-electron chi connectivity index (χ2n) is 8.89. The van der Waals surface area contributed by atoms with E-state index in [9.17, 15) is 4.79 Å². The lowest BCUT2D eigenvalue weighted by Gasteiger charge is -2.19. The SMILES string of the molecule is CCOc1cc(C=C2SC(=S)N(CC)C2=O)ccc1OCCCOc1ccc(C(C)(C)C)cc1. The van der Waals surface area contributed by atoms with Gasteiger partial charge in [0.15, 0.2) is 11.5 Å². The summed E-state index contributed by atoms with van der Waals surface area (Å²) in [5, 5.41) is 0. The molecule has 0 spiro atoms. The summed E-state index contributed by atoms with van der Waals surface area (Å²) < 4.78 is 18.2. The highest BCUT2D eigenvalue weighted by Crippen LogP contribution is 2.35. The van der Waals surface area contributed by atoms with Crippen LogP contribution in [0.2, 0.25) is 0 Å². The first-order valence-corrected chi connectivity index (χ1v) is 12.8. The van der Waals surface area contributed by atoms with Gasteiger partial charge in [0.05, 0.1) is 24.7 Å². The summed E-state index contributed by atoms with van der Waals surface area (Å²) in [6.07, 6.45) is 2.59. The maximum Gasteiger partial charge on any atom is 0.266 e. The number of rotatable bonds is 10. The summed E-state index contributed by atoms with van der Waals surface area (Å²) in [7, 11) is 0. The number of thiocarbonyl (C=S) groups is 1. The lowest BCUT2D eigenvalue weighted by Crippen LogP contribution is -2.27. The minimum absolute atomic E-state index is 0.0520. The van der Waals surface area contributed by atoms with Gasteiger partial charge in [0.2, 0.25) is 0 Å². The van der Waals surface area contributed by atoms with E-state index in [1.807, 2.05) is 50.3 Å². The number of benzene rings is 2. The van der Waals surface area contributed by atoms with Crippen LogP contribution in [0.1, 0.15) is 52.2 Å². The standard InChI is InChI=1S/C27H33NO4S2/c1-6-28-25(29)24(34-26(28)33)18-19-9-14-22(23(17-19)30-7-2)32-16-8-15-31-21-12-10-20(11-13-21)27(3,4)5/h9-14,17-18H,6-8,15-16H2,1-5H3. The maximum absolute atomic E-state index is 12.5. The molecule has 2 aromatic carbocycles. The van der Waals surface area contributed by atoms with E-state index >= 15 is 0 Å². The summed E-state index contributed by atoms with van der Waals surface area (Å²) in [5.41, 5.74) is 2.28. The fraction of sp³-hybridized carbons (Fsp3) is 0.407. The highest BCUT2D eigenvalue weighted by molar-refractivity contribution is 8.26. The number of thioether (sulfide) groups is 1. The number of carbonyl (C=O) groups excluding carboxylic acids is 1. The Morgan fingerprint density at radius 1 is 0.971 bits per heavy atom. The van der Waals surface area contributed by atoms with Crippen LogP contribution >= 0.6 is 24.0 Å². The number of amides is 1. The highest BCUT2D eigenvalue weighted by Gasteiger charge is 2.30. The zero-order valence-corrected chi connectivity index (χ0v) is 22.2. The molecule has 2 aromatic rings. The Morgan fingerprint density at radius 3 is 2.29 bits per heavy atom. The lowest BCUT2D eigenvalue weighted by atomic mass is 9.87. The fourth-order valence-electron chi connectivity index (χ4n) is 3.41. The predicted octanol–water partition coefficient (Wildman–Crippen LogP) is 6.45. The minimum Gasteiger partial charge on any atom is -0.493 e. The van der Waals surface area contributed by atoms with Crippen LogP contribution in [0.4, 0.5) is 0 Å². The van der Waals surface area contributed by atoms with Crippen molar-refractivity contribution in [1.82, 2.24) is 4.90 Å². The van der Waals surface area contributed by atoms with Gasteiger partial charge in [-0.05, 0) is 60.7 Å². The van der Waals surface area contributed by atoms with Gasteiger partial charge in [-0.1, -0.05) is 63.0 Å². The third-order valence-corrected chi connectivity index (χ3v) is 6.67. The van der Waals surface area contributed by atoms with Crippen LogP contribution in [0, 0.1) is 0 Å². The Bertz CT molecular complexity index is 1040. The summed E-state index contributed by atoms with van der Waals surface area (Å²) in [4.78, 5) is 14.7. The van der Waals surface area contributed by atoms with Crippen molar-refractivity contribution >= 4 is 40.3 Å². The molecule has 1 heterocycles. The molecule has 3 rings (SSSR count). The van der Waals surface area contributed by atoms with Gasteiger partial charge in [0.1, 0.15) is 10.1 Å². The van der Waals surface area contributed by atoms with E-state index in [2.05, 4.69) is 32.9 Å². The number of nitrogens with zero attached hydrogens (tertiary/aromatic N) is 1. The molecule has 1 amide bonds. The first kappa shape index (κ1) is 26.1. The topological polar surface area (TPSA) is 48.0 Å². The van der Waals surface area contributed by atoms with Gasteiger partial charge in [-0.3, -0.25) is 9.69 Å². The quantitative estimate of drug-likeness (QED) is 0.213. The molecule has 0 atom stereocenters. The lowest BCUT2D eigenvalue weighted by molar-refractivity contribution is -0.121. The molecule has 0 radical (unpaired) electrons. The Morgan fingerprint density at radius 2 is 1.68 bits per heavy atom. The van der Waals surface area contributed by atoms with Crippen molar-refractivity contribution in [3.8, 4) is 17.2 Å². The van der Waals surface area contributed by atoms with E-state index in [0.717, 1.165) is 17.7 Å². The summed E-state index contributed by atoms with van der Waals surface area (Å²) in [6.45, 7) is 12.6. The van der Waals surface area contributed by atoms with Crippen molar-refractivity contribution in [2.75, 3.05) is 26.4 Å². The number of hydrogen-bond acceptors (Lipinski definition) is 6. The van der Waals surface area contributed by atoms with Gasteiger partial charge in [-0.25, -0.2) is 0 Å². The van der Waals surface area contributed by atoms with Gasteiger partial charge >= 0.3 is 0 Å². The van der Waals surface area contributed by atoms with Crippen LogP contribution in [0.3, 0.4) is 0 Å². The van der Waals surface area contributed by atoms with Crippen LogP contribution in [0.25, 0.3) is 6.08 Å². The second kappa shape index (κ2) is 11.8. The molecule has 0 N–H and O–H groups in total. The minimum atomic E-state index is -0.0520. The third kappa shape index (κ3) is 6.76. The molecule has 1 aliphatic heterocycles. The normalized spacial score (nSPS) is 15.2. The van der Waals surface area contributed by atoms with Crippen molar-refractivity contribution in [2.24, 2.45) is 0 Å². The molecule has 1 fully saturated rings. The van der Waals surface area contributed by atoms with Crippen LogP contribution in [0.15, 0.2) is 47.4 Å². The molecule has 7 heteroatoms. The molecule has 0 saturated carbocycles. The van der Waals surface area contributed by atoms with E-state index in [4.69, 9.17) is 26.4 Å². The molecule has 0 aliphatic carbocycles. The van der Waals surface area contributed by atoms with Gasteiger partial charge in [0, 0.05) is 13.0 Å². The summed E-state index contributed by atoms with van der Waals surface area (Å²) in [5.74, 6) is 2.14. The van der Waals surface area contributed by atoms with E-state index in [1.54, 1.807) is 4.90 Å². The van der Waals surface area contributed by atoms with E-state index in [-0.39, 0.29) is 11.3 Å². The predicted molar refractivity (Wildman–Crippen MR) is 144 cm³/mol. The molecule has 34 heavy (non-hydrogen) atoms. The van der Waals surface area contributed by atoms with Crippen molar-refractivity contribution in [3.63, 3.8) is 0 Å². The fourth-order valence-corrected chi connectivity index (χ4v) is 4.79. The molecule has 1 aliphatic rings.